The fourth-order valence-electron chi connectivity index (χ4n) is 6.08. The first-order valence-corrected chi connectivity index (χ1v) is 14.9. The Hall–Kier alpha value is -4.48. The van der Waals surface area contributed by atoms with Crippen LogP contribution in [0.2, 0.25) is 0 Å². The summed E-state index contributed by atoms with van der Waals surface area (Å²) in [6.45, 7) is 5.77. The molecule has 42 heavy (non-hydrogen) atoms. The third kappa shape index (κ3) is 4.54. The number of benzene rings is 2. The third-order valence-electron chi connectivity index (χ3n) is 8.19. The second-order valence-electron chi connectivity index (χ2n) is 10.9. The first-order chi connectivity index (χ1) is 20.4. The topological polar surface area (TPSA) is 116 Å². The molecule has 0 aliphatic carbocycles. The largest absolute Gasteiger partial charge is 0.353 e. The molecule has 1 atom stereocenters. The summed E-state index contributed by atoms with van der Waals surface area (Å²) in [6.07, 6.45) is 0.241. The van der Waals surface area contributed by atoms with Crippen molar-refractivity contribution in [3.8, 4) is 11.1 Å². The number of aryl methyl sites for hydroxylation is 1. The van der Waals surface area contributed by atoms with Crippen molar-refractivity contribution >= 4 is 51.0 Å². The van der Waals surface area contributed by atoms with Gasteiger partial charge in [-0.25, -0.2) is 9.97 Å². The second-order valence-corrected chi connectivity index (χ2v) is 11.7. The van der Waals surface area contributed by atoms with Gasteiger partial charge in [0.15, 0.2) is 0 Å². The highest BCUT2D eigenvalue weighted by Crippen LogP contribution is 2.38. The maximum absolute atomic E-state index is 13.2. The quantitative estimate of drug-likeness (QED) is 0.357. The van der Waals surface area contributed by atoms with Crippen molar-refractivity contribution in [2.75, 3.05) is 31.1 Å². The maximum atomic E-state index is 13.2. The molecule has 2 saturated heterocycles. The van der Waals surface area contributed by atoms with E-state index in [0.717, 1.165) is 69.6 Å². The molecule has 4 amide bonds. The van der Waals surface area contributed by atoms with E-state index >= 15 is 0 Å². The van der Waals surface area contributed by atoms with Gasteiger partial charge in [-0.3, -0.25) is 34.3 Å². The van der Waals surface area contributed by atoms with Crippen LogP contribution >= 0.6 is 11.3 Å². The Morgan fingerprint density at radius 2 is 1.67 bits per heavy atom. The predicted molar refractivity (Wildman–Crippen MR) is 158 cm³/mol. The van der Waals surface area contributed by atoms with Gasteiger partial charge in [0.1, 0.15) is 22.5 Å². The van der Waals surface area contributed by atoms with Gasteiger partial charge in [0.2, 0.25) is 11.8 Å². The molecule has 5 heterocycles. The van der Waals surface area contributed by atoms with E-state index in [1.54, 1.807) is 23.5 Å². The lowest BCUT2D eigenvalue weighted by Crippen LogP contribution is -2.54. The van der Waals surface area contributed by atoms with E-state index < -0.39 is 23.8 Å². The van der Waals surface area contributed by atoms with Crippen LogP contribution in [0.3, 0.4) is 0 Å². The van der Waals surface area contributed by atoms with Crippen LogP contribution in [0.5, 0.6) is 0 Å². The number of anilines is 1. The number of rotatable bonds is 5. The molecule has 212 valence electrons. The molecule has 7 rings (SSSR count). The maximum Gasteiger partial charge on any atom is 0.262 e. The van der Waals surface area contributed by atoms with Crippen molar-refractivity contribution in [2.24, 2.45) is 0 Å². The molecule has 3 aliphatic rings. The zero-order chi connectivity index (χ0) is 29.0. The van der Waals surface area contributed by atoms with E-state index in [-0.39, 0.29) is 18.7 Å². The van der Waals surface area contributed by atoms with Crippen LogP contribution in [0.15, 0.2) is 53.9 Å². The number of imide groups is 2. The number of carbonyl (C=O) groups is 4. The van der Waals surface area contributed by atoms with E-state index in [0.29, 0.717) is 17.7 Å². The normalized spacial score (nSPS) is 19.5. The summed E-state index contributed by atoms with van der Waals surface area (Å²) >= 11 is 1.64. The Labute approximate surface area is 246 Å². The van der Waals surface area contributed by atoms with Gasteiger partial charge in [0, 0.05) is 50.1 Å². The zero-order valence-electron chi connectivity index (χ0n) is 23.0. The molecule has 1 unspecified atom stereocenters. The minimum atomic E-state index is -0.964. The molecule has 4 aromatic rings. The standard InChI is InChI=1S/C31H28N6O4S/c1-18-32-27(26-23(17-42-29(26)33-18)20-5-3-2-4-6-20)36-13-11-35(12-14-36)16-19-7-8-21-22(15-19)31(41)37(30(21)40)24-9-10-25(38)34-28(24)39/h2-8,15,17,24H,9-14,16H2,1H3,(H,34,38,39). The lowest BCUT2D eigenvalue weighted by molar-refractivity contribution is -0.136. The Morgan fingerprint density at radius 1 is 0.905 bits per heavy atom. The molecule has 0 bridgehead atoms. The third-order valence-corrected chi connectivity index (χ3v) is 9.07. The van der Waals surface area contributed by atoms with Gasteiger partial charge in [-0.15, -0.1) is 11.3 Å². The Kier molecular flexibility index (Phi) is 6.55. The van der Waals surface area contributed by atoms with Crippen LogP contribution < -0.4 is 10.2 Å². The van der Waals surface area contributed by atoms with Gasteiger partial charge in [0.05, 0.1) is 16.5 Å². The second kappa shape index (κ2) is 10.4. The average molecular weight is 581 g/mol. The SMILES string of the molecule is Cc1nc(N2CCN(Cc3ccc4c(c3)C(=O)N(C3CCC(=O)NC3=O)C4=O)CC2)c2c(-c3ccccc3)csc2n1. The van der Waals surface area contributed by atoms with Crippen molar-refractivity contribution in [1.82, 2.24) is 25.1 Å². The number of piperidine rings is 1. The van der Waals surface area contributed by atoms with Gasteiger partial charge in [-0.1, -0.05) is 36.4 Å². The Morgan fingerprint density at radius 3 is 2.43 bits per heavy atom. The molecule has 3 aliphatic heterocycles. The van der Waals surface area contributed by atoms with Crippen molar-refractivity contribution in [3.05, 3.63) is 76.4 Å². The lowest BCUT2D eigenvalue weighted by Gasteiger charge is -2.36. The zero-order valence-corrected chi connectivity index (χ0v) is 23.8. The van der Waals surface area contributed by atoms with Gasteiger partial charge in [-0.2, -0.15) is 0 Å². The molecule has 2 aromatic heterocycles. The molecule has 11 heteroatoms. The minimum Gasteiger partial charge on any atom is -0.353 e. The number of fused-ring (bicyclic) bond motifs is 2. The Balaban J connectivity index is 1.07. The number of nitrogens with zero attached hydrogens (tertiary/aromatic N) is 5. The summed E-state index contributed by atoms with van der Waals surface area (Å²) in [6, 6.07) is 14.7. The Bertz CT molecular complexity index is 1760. The number of piperazine rings is 1. The fourth-order valence-corrected chi connectivity index (χ4v) is 7.07. The van der Waals surface area contributed by atoms with Gasteiger partial charge >= 0.3 is 0 Å². The van der Waals surface area contributed by atoms with Gasteiger partial charge in [-0.05, 0) is 36.6 Å². The van der Waals surface area contributed by atoms with Crippen LogP contribution in [-0.4, -0.2) is 75.6 Å². The van der Waals surface area contributed by atoms with Crippen LogP contribution in [0.25, 0.3) is 21.3 Å². The van der Waals surface area contributed by atoms with E-state index in [1.165, 1.54) is 0 Å². The summed E-state index contributed by atoms with van der Waals surface area (Å²) in [7, 11) is 0. The van der Waals surface area contributed by atoms with Gasteiger partial charge in [0.25, 0.3) is 11.8 Å². The van der Waals surface area contributed by atoms with E-state index in [1.807, 2.05) is 31.2 Å². The average Bonchev–Trinajstić information content (AvgIpc) is 3.52. The first-order valence-electron chi connectivity index (χ1n) is 14.0. The number of amides is 4. The molecule has 0 radical (unpaired) electrons. The molecule has 10 nitrogen and oxygen atoms in total. The number of carbonyl (C=O) groups excluding carboxylic acids is 4. The number of hydrogen-bond donors (Lipinski definition) is 1. The highest BCUT2D eigenvalue weighted by atomic mass is 32.1. The molecule has 2 fully saturated rings. The van der Waals surface area contributed by atoms with Crippen LogP contribution in [0.4, 0.5) is 5.82 Å². The molecular formula is C31H28N6O4S. The number of hydrogen-bond acceptors (Lipinski definition) is 9. The van der Waals surface area contributed by atoms with E-state index in [9.17, 15) is 19.2 Å². The number of aromatic nitrogens is 2. The number of nitrogens with one attached hydrogen (secondary N) is 1. The fraction of sp³-hybridized carbons (Fsp3) is 0.290. The predicted octanol–water partition coefficient (Wildman–Crippen LogP) is 3.39. The highest BCUT2D eigenvalue weighted by Gasteiger charge is 2.44. The monoisotopic (exact) mass is 580 g/mol. The molecule has 2 aromatic carbocycles. The highest BCUT2D eigenvalue weighted by molar-refractivity contribution is 7.17. The summed E-state index contributed by atoms with van der Waals surface area (Å²) < 4.78 is 0. The summed E-state index contributed by atoms with van der Waals surface area (Å²) in [5.74, 6) is -0.240. The van der Waals surface area contributed by atoms with E-state index in [4.69, 9.17) is 9.97 Å². The summed E-state index contributed by atoms with van der Waals surface area (Å²) in [5.41, 5.74) is 3.84. The van der Waals surface area contributed by atoms with Crippen molar-refractivity contribution in [2.45, 2.75) is 32.4 Å². The molecular weight excluding hydrogens is 552 g/mol. The molecule has 0 spiro atoms. The van der Waals surface area contributed by atoms with Gasteiger partial charge < -0.3 is 4.90 Å². The minimum absolute atomic E-state index is 0.0983. The summed E-state index contributed by atoms with van der Waals surface area (Å²) in [5, 5.41) is 5.49. The van der Waals surface area contributed by atoms with Crippen LogP contribution in [-0.2, 0) is 16.1 Å². The number of thiophene rings is 1. The van der Waals surface area contributed by atoms with Crippen LogP contribution in [0.1, 0.15) is 44.9 Å². The smallest absolute Gasteiger partial charge is 0.262 e. The van der Waals surface area contributed by atoms with E-state index in [2.05, 4.69) is 32.6 Å². The van der Waals surface area contributed by atoms with Crippen molar-refractivity contribution in [1.29, 1.82) is 0 Å². The van der Waals surface area contributed by atoms with Crippen LogP contribution in [0, 0.1) is 6.92 Å². The van der Waals surface area contributed by atoms with Crippen molar-refractivity contribution < 1.29 is 19.2 Å². The molecule has 0 saturated carbocycles. The first kappa shape index (κ1) is 26.4. The molecule has 1 N–H and O–H groups in total. The lowest BCUT2D eigenvalue weighted by atomic mass is 10.0. The summed E-state index contributed by atoms with van der Waals surface area (Å²) in [4.78, 5) is 66.4. The van der Waals surface area contributed by atoms with Crippen molar-refractivity contribution in [3.63, 3.8) is 0 Å².